The smallest absolute Gasteiger partial charge is 0.248 e. The van der Waals surface area contributed by atoms with Gasteiger partial charge < -0.3 is 19.5 Å². The molecular weight excluding hydrogens is 422 g/mol. The van der Waals surface area contributed by atoms with Gasteiger partial charge >= 0.3 is 0 Å². The minimum Gasteiger partial charge on any atom is -0.493 e. The zero-order chi connectivity index (χ0) is 23.0. The monoisotopic (exact) mass is 443 g/mol. The number of nitrogens with zero attached hydrogens (tertiary/aromatic N) is 4. The number of amides is 1. The van der Waals surface area contributed by atoms with Crippen LogP contribution in [-0.2, 0) is 4.79 Å². The summed E-state index contributed by atoms with van der Waals surface area (Å²) < 4.78 is 17.9. The van der Waals surface area contributed by atoms with Crippen molar-refractivity contribution in [2.75, 3.05) is 19.5 Å². The number of hydrogen-bond donors (Lipinski definition) is 1. The fourth-order valence-corrected chi connectivity index (χ4v) is 2.95. The van der Waals surface area contributed by atoms with Gasteiger partial charge in [0.25, 0.3) is 0 Å². The summed E-state index contributed by atoms with van der Waals surface area (Å²) in [4.78, 5) is 20.6. The molecule has 166 valence electrons. The Labute approximate surface area is 190 Å². The van der Waals surface area contributed by atoms with Crippen LogP contribution in [0.4, 0.5) is 5.69 Å². The van der Waals surface area contributed by atoms with Gasteiger partial charge in [-0.05, 0) is 54.1 Å². The van der Waals surface area contributed by atoms with E-state index in [0.29, 0.717) is 34.6 Å². The van der Waals surface area contributed by atoms with E-state index in [9.17, 15) is 4.79 Å². The normalized spacial score (nSPS) is 10.7. The molecule has 0 spiro atoms. The van der Waals surface area contributed by atoms with Crippen LogP contribution in [-0.4, -0.2) is 39.9 Å². The Balaban J connectivity index is 1.36. The number of nitrogens with one attached hydrogen (secondary N) is 1. The van der Waals surface area contributed by atoms with E-state index in [0.717, 1.165) is 5.56 Å². The van der Waals surface area contributed by atoms with Gasteiger partial charge in [-0.25, -0.2) is 14.6 Å². The minimum atomic E-state index is -0.266. The maximum atomic E-state index is 12.3. The van der Waals surface area contributed by atoms with Crippen molar-refractivity contribution in [2.24, 2.45) is 0 Å². The van der Waals surface area contributed by atoms with Gasteiger partial charge in [0.05, 0.1) is 14.2 Å². The molecule has 0 aliphatic carbocycles. The van der Waals surface area contributed by atoms with Gasteiger partial charge in [0.1, 0.15) is 12.1 Å². The number of methoxy groups -OCH3 is 2. The molecule has 2 heterocycles. The topological polar surface area (TPSA) is 100 Å². The van der Waals surface area contributed by atoms with Crippen LogP contribution in [0.3, 0.4) is 0 Å². The number of rotatable bonds is 8. The average Bonchev–Trinajstić information content (AvgIpc) is 3.39. The molecule has 0 atom stereocenters. The van der Waals surface area contributed by atoms with Crippen molar-refractivity contribution < 1.29 is 19.0 Å². The quantitative estimate of drug-likeness (QED) is 0.409. The van der Waals surface area contributed by atoms with Crippen LogP contribution in [0.2, 0.25) is 0 Å². The van der Waals surface area contributed by atoms with Crippen molar-refractivity contribution in [1.29, 1.82) is 0 Å². The summed E-state index contributed by atoms with van der Waals surface area (Å²) in [5.41, 5.74) is 1.44. The van der Waals surface area contributed by atoms with Gasteiger partial charge in [0, 0.05) is 30.2 Å². The van der Waals surface area contributed by atoms with Crippen LogP contribution >= 0.6 is 0 Å². The summed E-state index contributed by atoms with van der Waals surface area (Å²) in [6, 6.07) is 15.9. The molecule has 0 saturated carbocycles. The molecule has 2 aromatic heterocycles. The van der Waals surface area contributed by atoms with Crippen LogP contribution < -0.4 is 19.5 Å². The predicted octanol–water partition coefficient (Wildman–Crippen LogP) is 4.12. The van der Waals surface area contributed by atoms with Crippen LogP contribution in [0.5, 0.6) is 23.1 Å². The molecule has 2 aromatic carbocycles. The maximum Gasteiger partial charge on any atom is 0.248 e. The van der Waals surface area contributed by atoms with Gasteiger partial charge in [-0.15, -0.1) is 0 Å². The highest BCUT2D eigenvalue weighted by atomic mass is 16.5. The molecule has 4 aromatic rings. The van der Waals surface area contributed by atoms with Crippen molar-refractivity contribution in [2.45, 2.75) is 0 Å². The molecule has 0 bridgehead atoms. The first kappa shape index (κ1) is 21.6. The lowest BCUT2D eigenvalue weighted by atomic mass is 10.2. The lowest BCUT2D eigenvalue weighted by Crippen LogP contribution is -2.07. The predicted molar refractivity (Wildman–Crippen MR) is 123 cm³/mol. The molecule has 33 heavy (non-hydrogen) atoms. The summed E-state index contributed by atoms with van der Waals surface area (Å²) in [5, 5.41) is 6.95. The Morgan fingerprint density at radius 3 is 2.55 bits per heavy atom. The molecule has 9 heteroatoms. The third kappa shape index (κ3) is 5.53. The number of carbonyl (C=O) groups is 1. The van der Waals surface area contributed by atoms with Crippen molar-refractivity contribution in [3.05, 3.63) is 85.0 Å². The maximum absolute atomic E-state index is 12.3. The highest BCUT2D eigenvalue weighted by Gasteiger charge is 2.06. The largest absolute Gasteiger partial charge is 0.493 e. The van der Waals surface area contributed by atoms with Gasteiger partial charge in [0.2, 0.25) is 11.8 Å². The molecule has 1 N–H and O–H groups in total. The molecule has 0 unspecified atom stereocenters. The molecular formula is C24H21N5O4. The number of anilines is 1. The fourth-order valence-electron chi connectivity index (χ4n) is 2.95. The third-order valence-electron chi connectivity index (χ3n) is 4.55. The van der Waals surface area contributed by atoms with Crippen LogP contribution in [0.1, 0.15) is 5.56 Å². The van der Waals surface area contributed by atoms with E-state index in [-0.39, 0.29) is 5.91 Å². The van der Waals surface area contributed by atoms with E-state index in [1.54, 1.807) is 85.9 Å². The second-order valence-electron chi connectivity index (χ2n) is 6.73. The number of carbonyl (C=O) groups excluding carboxylic acids is 1. The van der Waals surface area contributed by atoms with E-state index in [1.165, 1.54) is 12.4 Å². The second-order valence-corrected chi connectivity index (χ2v) is 6.73. The number of benzene rings is 2. The third-order valence-corrected chi connectivity index (χ3v) is 4.55. The second kappa shape index (κ2) is 10.1. The van der Waals surface area contributed by atoms with Crippen molar-refractivity contribution in [3.63, 3.8) is 0 Å². The number of hydrogen-bond acceptors (Lipinski definition) is 7. The zero-order valence-corrected chi connectivity index (χ0v) is 18.0. The van der Waals surface area contributed by atoms with Gasteiger partial charge in [0.15, 0.2) is 17.3 Å². The summed E-state index contributed by atoms with van der Waals surface area (Å²) in [5.74, 6) is 2.49. The van der Waals surface area contributed by atoms with Crippen molar-refractivity contribution >= 4 is 17.7 Å². The average molecular weight is 443 g/mol. The first-order valence-corrected chi connectivity index (χ1v) is 9.95. The van der Waals surface area contributed by atoms with Crippen molar-refractivity contribution in [3.8, 4) is 28.9 Å². The molecule has 0 aliphatic heterocycles. The Morgan fingerprint density at radius 1 is 1.00 bits per heavy atom. The SMILES string of the molecule is COc1ccc(/C=C/C(=O)Nc2ccc(Oc3cc(-n4cccn4)ncn3)cc2)cc1OC. The Kier molecular flexibility index (Phi) is 6.60. The molecule has 0 aliphatic rings. The van der Waals surface area contributed by atoms with Gasteiger partial charge in [-0.2, -0.15) is 5.10 Å². The lowest BCUT2D eigenvalue weighted by Gasteiger charge is -2.08. The highest BCUT2D eigenvalue weighted by Crippen LogP contribution is 2.28. The summed E-state index contributed by atoms with van der Waals surface area (Å²) >= 11 is 0. The standard InChI is InChI=1S/C24H21N5O4/c1-31-20-10-4-17(14-21(20)32-2)5-11-23(30)28-18-6-8-19(9-7-18)33-24-15-22(25-16-26-24)29-13-3-12-27-29/h3-16H,1-2H3,(H,28,30)/b11-5+. The number of ether oxygens (including phenoxy) is 3. The molecule has 1 amide bonds. The lowest BCUT2D eigenvalue weighted by molar-refractivity contribution is -0.111. The van der Waals surface area contributed by atoms with E-state index < -0.39 is 0 Å². The molecule has 0 fully saturated rings. The molecule has 4 rings (SSSR count). The van der Waals surface area contributed by atoms with E-state index in [4.69, 9.17) is 14.2 Å². The van der Waals surface area contributed by atoms with Gasteiger partial charge in [-0.3, -0.25) is 4.79 Å². The zero-order valence-electron chi connectivity index (χ0n) is 18.0. The molecule has 0 saturated heterocycles. The highest BCUT2D eigenvalue weighted by molar-refractivity contribution is 6.02. The Morgan fingerprint density at radius 2 is 1.82 bits per heavy atom. The van der Waals surface area contributed by atoms with E-state index in [1.807, 2.05) is 6.07 Å². The van der Waals surface area contributed by atoms with Crippen LogP contribution in [0.25, 0.3) is 11.9 Å². The molecule has 9 nitrogen and oxygen atoms in total. The summed E-state index contributed by atoms with van der Waals surface area (Å²) in [6.07, 6.45) is 8.00. The first-order chi connectivity index (χ1) is 16.1. The summed E-state index contributed by atoms with van der Waals surface area (Å²) in [7, 11) is 3.14. The van der Waals surface area contributed by atoms with Crippen molar-refractivity contribution in [1.82, 2.24) is 19.7 Å². The molecule has 0 radical (unpaired) electrons. The minimum absolute atomic E-state index is 0.266. The van der Waals surface area contributed by atoms with E-state index in [2.05, 4.69) is 20.4 Å². The van der Waals surface area contributed by atoms with Gasteiger partial charge in [-0.1, -0.05) is 6.07 Å². The van der Waals surface area contributed by atoms with Crippen LogP contribution in [0, 0.1) is 0 Å². The fraction of sp³-hybridized carbons (Fsp3) is 0.0833. The van der Waals surface area contributed by atoms with E-state index >= 15 is 0 Å². The van der Waals surface area contributed by atoms with Crippen LogP contribution in [0.15, 0.2) is 79.4 Å². The number of aromatic nitrogens is 4. The summed E-state index contributed by atoms with van der Waals surface area (Å²) in [6.45, 7) is 0. The first-order valence-electron chi connectivity index (χ1n) is 9.95. The Bertz CT molecular complexity index is 1250. The Hall–Kier alpha value is -4.66.